The molecule has 1 aromatic carbocycles. The first kappa shape index (κ1) is 14.4. The van der Waals surface area contributed by atoms with Crippen LogP contribution in [-0.4, -0.2) is 23.1 Å². The Bertz CT molecular complexity index is 546. The van der Waals surface area contributed by atoms with Crippen molar-refractivity contribution in [3.05, 3.63) is 35.5 Å². The van der Waals surface area contributed by atoms with E-state index in [1.165, 1.54) is 5.69 Å². The monoisotopic (exact) mass is 291 g/mol. The van der Waals surface area contributed by atoms with E-state index in [-0.39, 0.29) is 5.95 Å². The summed E-state index contributed by atoms with van der Waals surface area (Å²) in [5.74, 6) is 0.734. The highest BCUT2D eigenvalue weighted by Gasteiger charge is 2.03. The van der Waals surface area contributed by atoms with Crippen LogP contribution in [0.2, 0.25) is 5.15 Å². The van der Waals surface area contributed by atoms with Gasteiger partial charge >= 0.3 is 0 Å². The quantitative estimate of drug-likeness (QED) is 0.827. The van der Waals surface area contributed by atoms with Gasteiger partial charge in [-0.15, -0.1) is 0 Å². The van der Waals surface area contributed by atoms with Crippen LogP contribution in [0.1, 0.15) is 13.8 Å². The second-order valence-corrected chi connectivity index (χ2v) is 4.67. The Labute approximate surface area is 123 Å². The van der Waals surface area contributed by atoms with Gasteiger partial charge in [-0.05, 0) is 38.1 Å². The molecule has 20 heavy (non-hydrogen) atoms. The van der Waals surface area contributed by atoms with Crippen LogP contribution in [0.15, 0.2) is 30.3 Å². The molecule has 0 aliphatic rings. The van der Waals surface area contributed by atoms with Gasteiger partial charge in [-0.3, -0.25) is 0 Å². The maximum absolute atomic E-state index is 5.84. The van der Waals surface area contributed by atoms with Crippen LogP contribution in [0.4, 0.5) is 23.1 Å². The van der Waals surface area contributed by atoms with Crippen molar-refractivity contribution in [1.82, 2.24) is 9.97 Å². The molecule has 0 aliphatic carbocycles. The third kappa shape index (κ3) is 3.51. The Morgan fingerprint density at radius 3 is 2.35 bits per heavy atom. The number of anilines is 4. The van der Waals surface area contributed by atoms with Gasteiger partial charge in [0.05, 0.1) is 0 Å². The first-order chi connectivity index (χ1) is 9.62. The van der Waals surface area contributed by atoms with Gasteiger partial charge in [0.25, 0.3) is 0 Å². The van der Waals surface area contributed by atoms with Gasteiger partial charge in [0.15, 0.2) is 0 Å². The minimum absolute atomic E-state index is 0.153. The minimum atomic E-state index is 0.153. The average Bonchev–Trinajstić information content (AvgIpc) is 2.41. The molecule has 0 bridgehead atoms. The summed E-state index contributed by atoms with van der Waals surface area (Å²) in [4.78, 5) is 10.2. The molecule has 0 spiro atoms. The molecule has 0 radical (unpaired) electrons. The van der Waals surface area contributed by atoms with E-state index < -0.39 is 0 Å². The van der Waals surface area contributed by atoms with Gasteiger partial charge in [0.2, 0.25) is 5.95 Å². The fraction of sp³-hybridized carbons (Fsp3) is 0.286. The van der Waals surface area contributed by atoms with Crippen LogP contribution in [0.3, 0.4) is 0 Å². The van der Waals surface area contributed by atoms with E-state index in [9.17, 15) is 0 Å². The molecule has 2 rings (SSSR count). The lowest BCUT2D eigenvalue weighted by atomic mass is 10.2. The lowest BCUT2D eigenvalue weighted by Crippen LogP contribution is -2.21. The van der Waals surface area contributed by atoms with Crippen LogP contribution in [0, 0.1) is 0 Å². The standard InChI is InChI=1S/C14H18ClN5/c1-3-20(4-2)11-7-5-10(6-8-11)17-13-9-12(15)18-14(16)19-13/h5-9H,3-4H2,1-2H3,(H3,16,17,18,19). The number of nitrogen functional groups attached to an aromatic ring is 1. The van der Waals surface area contributed by atoms with Crippen molar-refractivity contribution < 1.29 is 0 Å². The van der Waals surface area contributed by atoms with E-state index in [1.54, 1.807) is 6.07 Å². The number of hydrogen-bond acceptors (Lipinski definition) is 5. The van der Waals surface area contributed by atoms with Gasteiger partial charge in [0, 0.05) is 30.5 Å². The van der Waals surface area contributed by atoms with E-state index in [1.807, 2.05) is 12.1 Å². The van der Waals surface area contributed by atoms with E-state index in [2.05, 4.69) is 46.2 Å². The molecular weight excluding hydrogens is 274 g/mol. The lowest BCUT2D eigenvalue weighted by Gasteiger charge is -2.21. The molecule has 0 saturated heterocycles. The molecule has 0 saturated carbocycles. The van der Waals surface area contributed by atoms with Gasteiger partial charge in [-0.2, -0.15) is 4.98 Å². The molecule has 3 N–H and O–H groups in total. The summed E-state index contributed by atoms with van der Waals surface area (Å²) >= 11 is 5.84. The normalized spacial score (nSPS) is 10.3. The zero-order valence-electron chi connectivity index (χ0n) is 11.6. The largest absolute Gasteiger partial charge is 0.372 e. The van der Waals surface area contributed by atoms with Crippen molar-refractivity contribution in [3.8, 4) is 0 Å². The zero-order chi connectivity index (χ0) is 14.5. The average molecular weight is 292 g/mol. The Balaban J connectivity index is 2.14. The van der Waals surface area contributed by atoms with E-state index >= 15 is 0 Å². The predicted molar refractivity (Wildman–Crippen MR) is 84.7 cm³/mol. The van der Waals surface area contributed by atoms with Crippen molar-refractivity contribution in [1.29, 1.82) is 0 Å². The van der Waals surface area contributed by atoms with Gasteiger partial charge in [-0.25, -0.2) is 4.98 Å². The predicted octanol–water partition coefficient (Wildman–Crippen LogP) is 3.30. The van der Waals surface area contributed by atoms with Crippen LogP contribution in [0.25, 0.3) is 0 Å². The number of nitrogens with one attached hydrogen (secondary N) is 1. The van der Waals surface area contributed by atoms with Crippen LogP contribution in [0.5, 0.6) is 0 Å². The maximum atomic E-state index is 5.84. The smallest absolute Gasteiger partial charge is 0.223 e. The van der Waals surface area contributed by atoms with E-state index in [4.69, 9.17) is 17.3 Å². The first-order valence-corrected chi connectivity index (χ1v) is 6.92. The SMILES string of the molecule is CCN(CC)c1ccc(Nc2cc(Cl)nc(N)n2)cc1. The van der Waals surface area contributed by atoms with E-state index in [0.29, 0.717) is 11.0 Å². The summed E-state index contributed by atoms with van der Waals surface area (Å²) in [5.41, 5.74) is 7.68. The zero-order valence-corrected chi connectivity index (χ0v) is 12.4. The molecule has 1 heterocycles. The molecule has 1 aromatic heterocycles. The highest BCUT2D eigenvalue weighted by molar-refractivity contribution is 6.29. The van der Waals surface area contributed by atoms with Crippen LogP contribution in [-0.2, 0) is 0 Å². The molecule has 0 amide bonds. The molecule has 2 aromatic rings. The molecule has 6 heteroatoms. The van der Waals surface area contributed by atoms with Crippen molar-refractivity contribution >= 4 is 34.7 Å². The highest BCUT2D eigenvalue weighted by Crippen LogP contribution is 2.21. The summed E-state index contributed by atoms with van der Waals surface area (Å²) in [6, 6.07) is 9.78. The molecule has 0 aliphatic heterocycles. The summed E-state index contributed by atoms with van der Waals surface area (Å²) in [5, 5.41) is 3.47. The third-order valence-electron chi connectivity index (χ3n) is 2.98. The van der Waals surface area contributed by atoms with Gasteiger partial charge in [0.1, 0.15) is 11.0 Å². The fourth-order valence-corrected chi connectivity index (χ4v) is 2.18. The number of aromatic nitrogens is 2. The van der Waals surface area contributed by atoms with Gasteiger partial charge < -0.3 is 16.0 Å². The molecule has 0 unspecified atom stereocenters. The Kier molecular flexibility index (Phi) is 4.63. The minimum Gasteiger partial charge on any atom is -0.372 e. The van der Waals surface area contributed by atoms with Crippen molar-refractivity contribution in [3.63, 3.8) is 0 Å². The van der Waals surface area contributed by atoms with Crippen LogP contribution < -0.4 is 16.0 Å². The Morgan fingerprint density at radius 2 is 1.80 bits per heavy atom. The topological polar surface area (TPSA) is 67.1 Å². The Hall–Kier alpha value is -2.01. The molecule has 106 valence electrons. The summed E-state index contributed by atoms with van der Waals surface area (Å²) < 4.78 is 0. The van der Waals surface area contributed by atoms with Crippen molar-refractivity contribution in [2.24, 2.45) is 0 Å². The first-order valence-electron chi connectivity index (χ1n) is 6.54. The second kappa shape index (κ2) is 6.43. The third-order valence-corrected chi connectivity index (χ3v) is 3.17. The maximum Gasteiger partial charge on any atom is 0.223 e. The summed E-state index contributed by atoms with van der Waals surface area (Å²) in [6.45, 7) is 6.26. The second-order valence-electron chi connectivity index (χ2n) is 4.28. The number of nitrogens with two attached hydrogens (primary N) is 1. The molecular formula is C14H18ClN5. The number of hydrogen-bond donors (Lipinski definition) is 2. The molecule has 0 atom stereocenters. The van der Waals surface area contributed by atoms with Crippen molar-refractivity contribution in [2.75, 3.05) is 29.0 Å². The number of benzene rings is 1. The number of halogens is 1. The van der Waals surface area contributed by atoms with Gasteiger partial charge in [-0.1, -0.05) is 11.6 Å². The molecule has 0 fully saturated rings. The fourth-order valence-electron chi connectivity index (χ4n) is 1.99. The molecule has 5 nitrogen and oxygen atoms in total. The van der Waals surface area contributed by atoms with Crippen LogP contribution >= 0.6 is 11.6 Å². The number of rotatable bonds is 5. The van der Waals surface area contributed by atoms with Crippen molar-refractivity contribution in [2.45, 2.75) is 13.8 Å². The summed E-state index contributed by atoms with van der Waals surface area (Å²) in [6.07, 6.45) is 0. The summed E-state index contributed by atoms with van der Waals surface area (Å²) in [7, 11) is 0. The van der Waals surface area contributed by atoms with E-state index in [0.717, 1.165) is 18.8 Å². The lowest BCUT2D eigenvalue weighted by molar-refractivity contribution is 0.866. The Morgan fingerprint density at radius 1 is 1.15 bits per heavy atom. The number of nitrogens with zero attached hydrogens (tertiary/aromatic N) is 3. The highest BCUT2D eigenvalue weighted by atomic mass is 35.5.